The third-order valence-electron chi connectivity index (χ3n) is 3.65. The molecule has 1 unspecified atom stereocenters. The van der Waals surface area contributed by atoms with Crippen LogP contribution in [0.15, 0.2) is 6.33 Å². The summed E-state index contributed by atoms with van der Waals surface area (Å²) in [5.74, 6) is 1.11. The normalized spacial score (nSPS) is 18.0. The lowest BCUT2D eigenvalue weighted by molar-refractivity contribution is 0.210. The molecule has 0 bridgehead atoms. The van der Waals surface area contributed by atoms with Crippen molar-refractivity contribution in [3.63, 3.8) is 0 Å². The summed E-state index contributed by atoms with van der Waals surface area (Å²) in [4.78, 5) is 2.48. The molecule has 5 heteroatoms. The van der Waals surface area contributed by atoms with Crippen molar-refractivity contribution in [3.05, 3.63) is 12.2 Å². The largest absolute Gasteiger partial charge is 0.317 e. The summed E-state index contributed by atoms with van der Waals surface area (Å²) in [6, 6.07) is 0.670. The van der Waals surface area contributed by atoms with Crippen LogP contribution >= 0.6 is 0 Å². The van der Waals surface area contributed by atoms with Gasteiger partial charge in [0.1, 0.15) is 12.2 Å². The average molecular weight is 237 g/mol. The molecule has 1 aliphatic heterocycles. The Labute approximate surface area is 103 Å². The highest BCUT2D eigenvalue weighted by molar-refractivity contribution is 4.89. The van der Waals surface area contributed by atoms with E-state index in [1.165, 1.54) is 25.8 Å². The highest BCUT2D eigenvalue weighted by Crippen LogP contribution is 2.10. The fourth-order valence-corrected chi connectivity index (χ4v) is 2.42. The van der Waals surface area contributed by atoms with E-state index in [2.05, 4.69) is 39.0 Å². The highest BCUT2D eigenvalue weighted by Gasteiger charge is 2.16. The molecule has 0 amide bonds. The minimum absolute atomic E-state index is 0.670. The van der Waals surface area contributed by atoms with Crippen LogP contribution in [0.3, 0.4) is 0 Å². The van der Waals surface area contributed by atoms with Crippen molar-refractivity contribution in [2.45, 2.75) is 45.3 Å². The van der Waals surface area contributed by atoms with Crippen LogP contribution in [0.4, 0.5) is 0 Å². The molecule has 17 heavy (non-hydrogen) atoms. The van der Waals surface area contributed by atoms with Crippen LogP contribution in [0.25, 0.3) is 0 Å². The molecule has 0 saturated heterocycles. The van der Waals surface area contributed by atoms with Crippen molar-refractivity contribution in [2.24, 2.45) is 0 Å². The number of fused-ring (bicyclic) bond motifs is 1. The third kappa shape index (κ3) is 3.26. The molecular formula is C12H23N5. The molecule has 0 aliphatic carbocycles. The molecular weight excluding hydrogens is 214 g/mol. The van der Waals surface area contributed by atoms with Gasteiger partial charge >= 0.3 is 0 Å². The van der Waals surface area contributed by atoms with E-state index in [-0.39, 0.29) is 0 Å². The van der Waals surface area contributed by atoms with E-state index in [0.29, 0.717) is 6.04 Å². The maximum Gasteiger partial charge on any atom is 0.147 e. The lowest BCUT2D eigenvalue weighted by Gasteiger charge is -2.27. The second kappa shape index (κ2) is 6.12. The standard InChI is InChI=1S/C12H23N5/c1-3-11(13-2)5-4-6-16-7-8-17-10-14-15-12(17)9-16/h10-11,13H,3-9H2,1-2H3. The molecule has 0 saturated carbocycles. The van der Waals surface area contributed by atoms with Gasteiger partial charge in [0, 0.05) is 19.1 Å². The molecule has 1 N–H and O–H groups in total. The van der Waals surface area contributed by atoms with Gasteiger partial charge in [0.25, 0.3) is 0 Å². The minimum atomic E-state index is 0.670. The van der Waals surface area contributed by atoms with Gasteiger partial charge < -0.3 is 9.88 Å². The Balaban J connectivity index is 1.71. The first kappa shape index (κ1) is 12.5. The summed E-state index contributed by atoms with van der Waals surface area (Å²) < 4.78 is 2.15. The summed E-state index contributed by atoms with van der Waals surface area (Å²) >= 11 is 0. The summed E-state index contributed by atoms with van der Waals surface area (Å²) in [5.41, 5.74) is 0. The van der Waals surface area contributed by atoms with Crippen LogP contribution in [0.1, 0.15) is 32.0 Å². The smallest absolute Gasteiger partial charge is 0.147 e. The molecule has 2 rings (SSSR count). The Morgan fingerprint density at radius 3 is 3.12 bits per heavy atom. The van der Waals surface area contributed by atoms with Gasteiger partial charge in [-0.1, -0.05) is 6.92 Å². The molecule has 0 radical (unpaired) electrons. The van der Waals surface area contributed by atoms with Gasteiger partial charge in [0.05, 0.1) is 6.54 Å². The zero-order valence-electron chi connectivity index (χ0n) is 10.9. The number of nitrogens with zero attached hydrogens (tertiary/aromatic N) is 4. The van der Waals surface area contributed by atoms with Gasteiger partial charge in [-0.2, -0.15) is 0 Å². The van der Waals surface area contributed by atoms with Gasteiger partial charge in [-0.25, -0.2) is 0 Å². The van der Waals surface area contributed by atoms with E-state index in [9.17, 15) is 0 Å². The maximum absolute atomic E-state index is 4.14. The number of aromatic nitrogens is 3. The van der Waals surface area contributed by atoms with Crippen LogP contribution in [0, 0.1) is 0 Å². The fraction of sp³-hybridized carbons (Fsp3) is 0.833. The molecule has 5 nitrogen and oxygen atoms in total. The second-order valence-electron chi connectivity index (χ2n) is 4.75. The van der Waals surface area contributed by atoms with Crippen LogP contribution in [0.5, 0.6) is 0 Å². The fourth-order valence-electron chi connectivity index (χ4n) is 2.42. The molecule has 0 fully saturated rings. The van der Waals surface area contributed by atoms with E-state index < -0.39 is 0 Å². The van der Waals surface area contributed by atoms with Crippen molar-refractivity contribution in [1.82, 2.24) is 25.0 Å². The molecule has 96 valence electrons. The summed E-state index contributed by atoms with van der Waals surface area (Å²) in [5, 5.41) is 11.4. The van der Waals surface area contributed by atoms with E-state index in [4.69, 9.17) is 0 Å². The van der Waals surface area contributed by atoms with Crippen LogP contribution in [-0.2, 0) is 13.1 Å². The van der Waals surface area contributed by atoms with Gasteiger partial charge in [-0.05, 0) is 32.9 Å². The Bertz CT molecular complexity index is 331. The lowest BCUT2D eigenvalue weighted by Crippen LogP contribution is -2.35. The number of rotatable bonds is 6. The predicted molar refractivity (Wildman–Crippen MR) is 67.7 cm³/mol. The second-order valence-corrected chi connectivity index (χ2v) is 4.75. The van der Waals surface area contributed by atoms with E-state index >= 15 is 0 Å². The molecule has 2 heterocycles. The zero-order chi connectivity index (χ0) is 12.1. The van der Waals surface area contributed by atoms with Crippen molar-refractivity contribution in [1.29, 1.82) is 0 Å². The van der Waals surface area contributed by atoms with Gasteiger partial charge in [-0.3, -0.25) is 4.90 Å². The first-order valence-corrected chi connectivity index (χ1v) is 6.59. The first-order chi connectivity index (χ1) is 8.33. The number of nitrogens with one attached hydrogen (secondary N) is 1. The maximum atomic E-state index is 4.14. The van der Waals surface area contributed by atoms with Crippen molar-refractivity contribution >= 4 is 0 Å². The molecule has 0 spiro atoms. The van der Waals surface area contributed by atoms with Gasteiger partial charge in [0.2, 0.25) is 0 Å². The summed E-state index contributed by atoms with van der Waals surface area (Å²) in [6.07, 6.45) is 5.56. The van der Waals surface area contributed by atoms with Crippen molar-refractivity contribution in [3.8, 4) is 0 Å². The average Bonchev–Trinajstić information content (AvgIpc) is 2.82. The first-order valence-electron chi connectivity index (χ1n) is 6.59. The van der Waals surface area contributed by atoms with E-state index in [1.807, 2.05) is 6.33 Å². The monoisotopic (exact) mass is 237 g/mol. The van der Waals surface area contributed by atoms with Crippen molar-refractivity contribution in [2.75, 3.05) is 20.1 Å². The van der Waals surface area contributed by atoms with Crippen LogP contribution in [-0.4, -0.2) is 45.8 Å². The summed E-state index contributed by atoms with van der Waals surface area (Å²) in [7, 11) is 2.05. The Kier molecular flexibility index (Phi) is 4.50. The minimum Gasteiger partial charge on any atom is -0.317 e. The van der Waals surface area contributed by atoms with E-state index in [0.717, 1.165) is 25.5 Å². The van der Waals surface area contributed by atoms with Crippen LogP contribution < -0.4 is 5.32 Å². The van der Waals surface area contributed by atoms with Crippen LogP contribution in [0.2, 0.25) is 0 Å². The zero-order valence-corrected chi connectivity index (χ0v) is 10.9. The summed E-state index contributed by atoms with van der Waals surface area (Å²) in [6.45, 7) is 6.53. The molecule has 1 aromatic rings. The molecule has 0 aromatic carbocycles. The third-order valence-corrected chi connectivity index (χ3v) is 3.65. The molecule has 1 aliphatic rings. The van der Waals surface area contributed by atoms with E-state index in [1.54, 1.807) is 0 Å². The quantitative estimate of drug-likeness (QED) is 0.797. The Morgan fingerprint density at radius 2 is 2.35 bits per heavy atom. The Morgan fingerprint density at radius 1 is 1.47 bits per heavy atom. The number of hydrogen-bond acceptors (Lipinski definition) is 4. The van der Waals surface area contributed by atoms with Gasteiger partial charge in [-0.15, -0.1) is 10.2 Å². The highest BCUT2D eigenvalue weighted by atomic mass is 15.3. The molecule has 1 atom stereocenters. The Hall–Kier alpha value is -0.940. The predicted octanol–water partition coefficient (Wildman–Crippen LogP) is 0.872. The van der Waals surface area contributed by atoms with Crippen molar-refractivity contribution < 1.29 is 0 Å². The SMILES string of the molecule is CCC(CCCN1CCn2cnnc2C1)NC. The number of hydrogen-bond donors (Lipinski definition) is 1. The lowest BCUT2D eigenvalue weighted by atomic mass is 10.1. The topological polar surface area (TPSA) is 46.0 Å². The van der Waals surface area contributed by atoms with Gasteiger partial charge in [0.15, 0.2) is 0 Å². The molecule has 1 aromatic heterocycles.